The first-order chi connectivity index (χ1) is 10.5. The molecule has 1 aliphatic heterocycles. The minimum atomic E-state index is -0.636. The Balaban J connectivity index is 2.15. The van der Waals surface area contributed by atoms with E-state index in [9.17, 15) is 4.79 Å². The van der Waals surface area contributed by atoms with E-state index >= 15 is 0 Å². The minimum absolute atomic E-state index is 0.364. The van der Waals surface area contributed by atoms with E-state index < -0.39 is 5.79 Å². The van der Waals surface area contributed by atoms with E-state index in [1.54, 1.807) is 12.2 Å². The molecule has 1 unspecified atom stereocenters. The number of terminal acetylenes is 1. The molecule has 0 bridgehead atoms. The lowest BCUT2D eigenvalue weighted by Crippen LogP contribution is -2.27. The van der Waals surface area contributed by atoms with Gasteiger partial charge in [-0.15, -0.1) is 6.42 Å². The van der Waals surface area contributed by atoms with Crippen LogP contribution in [0, 0.1) is 29.6 Å². The van der Waals surface area contributed by atoms with Gasteiger partial charge in [0.05, 0.1) is 18.6 Å². The summed E-state index contributed by atoms with van der Waals surface area (Å²) >= 11 is 0. The van der Waals surface area contributed by atoms with Crippen molar-refractivity contribution >= 4 is 6.29 Å². The maximum atomic E-state index is 11.5. The van der Waals surface area contributed by atoms with Crippen molar-refractivity contribution < 1.29 is 14.3 Å². The molecule has 1 fully saturated rings. The van der Waals surface area contributed by atoms with Gasteiger partial charge in [-0.1, -0.05) is 29.9 Å². The zero-order valence-electron chi connectivity index (χ0n) is 13.0. The van der Waals surface area contributed by atoms with Gasteiger partial charge >= 0.3 is 0 Å². The van der Waals surface area contributed by atoms with E-state index in [0.29, 0.717) is 26.1 Å². The molecule has 3 nitrogen and oxygen atoms in total. The summed E-state index contributed by atoms with van der Waals surface area (Å²) in [4.78, 5) is 11.5. The molecular weight excluding hydrogens is 276 g/mol. The summed E-state index contributed by atoms with van der Waals surface area (Å²) in [5, 5.41) is 0. The second kappa shape index (κ2) is 6.79. The predicted octanol–water partition coefficient (Wildman–Crippen LogP) is 2.79. The number of carbonyl (C=O) groups is 1. The van der Waals surface area contributed by atoms with Crippen LogP contribution in [0.3, 0.4) is 0 Å². The van der Waals surface area contributed by atoms with Crippen LogP contribution in [0.2, 0.25) is 0 Å². The van der Waals surface area contributed by atoms with Crippen molar-refractivity contribution in [3.05, 3.63) is 35.5 Å². The van der Waals surface area contributed by atoms with E-state index in [1.165, 1.54) is 0 Å². The first kappa shape index (κ1) is 16.3. The van der Waals surface area contributed by atoms with Gasteiger partial charge in [0.15, 0.2) is 5.79 Å². The third kappa shape index (κ3) is 3.98. The van der Waals surface area contributed by atoms with Crippen LogP contribution in [-0.4, -0.2) is 25.3 Å². The second-order valence-corrected chi connectivity index (χ2v) is 5.87. The van der Waals surface area contributed by atoms with Crippen molar-refractivity contribution in [1.29, 1.82) is 0 Å². The lowest BCUT2D eigenvalue weighted by atomic mass is 9.77. The topological polar surface area (TPSA) is 35.5 Å². The molecule has 1 heterocycles. The summed E-state index contributed by atoms with van der Waals surface area (Å²) in [6.07, 6.45) is 14.4. The molecule has 0 aromatic carbocycles. The van der Waals surface area contributed by atoms with Crippen molar-refractivity contribution in [3.63, 3.8) is 0 Å². The standard InChI is InChI=1S/C19H20O3/c1-4-5-6-7-9-18(2)10-8-16(17(13-18)15-20)14-19(3)21-11-12-22-19/h1,5-6,8,10,15H,11-14H2,2-3H3/b6-5-. The molecule has 0 aromatic rings. The number of allylic oxidation sites excluding steroid dienone is 5. The van der Waals surface area contributed by atoms with Crippen LogP contribution in [0.15, 0.2) is 35.5 Å². The fourth-order valence-corrected chi connectivity index (χ4v) is 2.64. The summed E-state index contributed by atoms with van der Waals surface area (Å²) in [5.41, 5.74) is 1.34. The molecule has 0 amide bonds. The van der Waals surface area contributed by atoms with Crippen molar-refractivity contribution in [1.82, 2.24) is 0 Å². The van der Waals surface area contributed by atoms with Gasteiger partial charge in [-0.3, -0.25) is 4.79 Å². The molecule has 1 aliphatic carbocycles. The SMILES string of the molecule is C#C/C=C\C#CC1(C)C=CC(CC2(C)OCCO2)=C(C=O)C1. The van der Waals surface area contributed by atoms with Gasteiger partial charge in [-0.05, 0) is 43.6 Å². The van der Waals surface area contributed by atoms with Gasteiger partial charge in [0, 0.05) is 6.42 Å². The highest BCUT2D eigenvalue weighted by Gasteiger charge is 2.34. The minimum Gasteiger partial charge on any atom is -0.347 e. The molecule has 1 atom stereocenters. The lowest BCUT2D eigenvalue weighted by molar-refractivity contribution is -0.139. The Morgan fingerprint density at radius 1 is 1.32 bits per heavy atom. The number of aldehydes is 1. The molecule has 0 saturated carbocycles. The monoisotopic (exact) mass is 296 g/mol. The quantitative estimate of drug-likeness (QED) is 0.593. The number of hydrogen-bond donors (Lipinski definition) is 0. The molecule has 114 valence electrons. The number of carbonyl (C=O) groups excluding carboxylic acids is 1. The Morgan fingerprint density at radius 2 is 2.05 bits per heavy atom. The molecule has 1 saturated heterocycles. The normalized spacial score (nSPS) is 26.6. The highest BCUT2D eigenvalue weighted by molar-refractivity contribution is 5.77. The summed E-state index contributed by atoms with van der Waals surface area (Å²) in [7, 11) is 0. The Kier molecular flexibility index (Phi) is 5.03. The lowest BCUT2D eigenvalue weighted by Gasteiger charge is -2.29. The Bertz CT molecular complexity index is 628. The van der Waals surface area contributed by atoms with E-state index in [0.717, 1.165) is 17.4 Å². The fourth-order valence-electron chi connectivity index (χ4n) is 2.64. The van der Waals surface area contributed by atoms with Crippen LogP contribution >= 0.6 is 0 Å². The van der Waals surface area contributed by atoms with Gasteiger partial charge in [-0.2, -0.15) is 0 Å². The predicted molar refractivity (Wildman–Crippen MR) is 85.6 cm³/mol. The zero-order valence-corrected chi connectivity index (χ0v) is 13.0. The maximum Gasteiger partial charge on any atom is 0.169 e. The van der Waals surface area contributed by atoms with Crippen LogP contribution in [0.5, 0.6) is 0 Å². The Labute approximate surface area is 132 Å². The Hall–Kier alpha value is -2.07. The highest BCUT2D eigenvalue weighted by Crippen LogP contribution is 2.37. The number of ether oxygens (including phenoxy) is 2. The molecule has 22 heavy (non-hydrogen) atoms. The number of hydrogen-bond acceptors (Lipinski definition) is 3. The first-order valence-electron chi connectivity index (χ1n) is 7.28. The molecule has 0 radical (unpaired) electrons. The van der Waals surface area contributed by atoms with Crippen molar-refractivity contribution in [2.24, 2.45) is 5.41 Å². The molecular formula is C19H20O3. The molecule has 2 rings (SSSR count). The average Bonchev–Trinajstić information content (AvgIpc) is 2.92. The largest absolute Gasteiger partial charge is 0.347 e. The van der Waals surface area contributed by atoms with Crippen molar-refractivity contribution in [3.8, 4) is 24.2 Å². The highest BCUT2D eigenvalue weighted by atomic mass is 16.7. The van der Waals surface area contributed by atoms with E-state index in [2.05, 4.69) is 17.8 Å². The zero-order chi connectivity index (χ0) is 16.1. The fraction of sp³-hybridized carbons (Fsp3) is 0.421. The second-order valence-electron chi connectivity index (χ2n) is 5.87. The van der Waals surface area contributed by atoms with Crippen molar-refractivity contribution in [2.75, 3.05) is 13.2 Å². The molecule has 0 N–H and O–H groups in total. The Morgan fingerprint density at radius 3 is 2.68 bits per heavy atom. The van der Waals surface area contributed by atoms with Gasteiger partial charge in [-0.25, -0.2) is 0 Å². The summed E-state index contributed by atoms with van der Waals surface area (Å²) in [6, 6.07) is 0. The first-order valence-corrected chi connectivity index (χ1v) is 7.28. The van der Waals surface area contributed by atoms with Crippen LogP contribution in [0.1, 0.15) is 26.7 Å². The van der Waals surface area contributed by atoms with Crippen LogP contribution < -0.4 is 0 Å². The van der Waals surface area contributed by atoms with Crippen LogP contribution in [0.4, 0.5) is 0 Å². The summed E-state index contributed by atoms with van der Waals surface area (Å²) in [5.74, 6) is 7.83. The van der Waals surface area contributed by atoms with E-state index in [-0.39, 0.29) is 5.41 Å². The van der Waals surface area contributed by atoms with Gasteiger partial charge in [0.25, 0.3) is 0 Å². The average molecular weight is 296 g/mol. The smallest absolute Gasteiger partial charge is 0.169 e. The third-order valence-electron chi connectivity index (χ3n) is 3.80. The van der Waals surface area contributed by atoms with E-state index in [1.807, 2.05) is 26.0 Å². The van der Waals surface area contributed by atoms with Crippen LogP contribution in [0.25, 0.3) is 0 Å². The molecule has 3 heteroatoms. The third-order valence-corrected chi connectivity index (χ3v) is 3.80. The maximum absolute atomic E-state index is 11.5. The number of rotatable bonds is 3. The molecule has 0 spiro atoms. The van der Waals surface area contributed by atoms with Crippen LogP contribution in [-0.2, 0) is 14.3 Å². The summed E-state index contributed by atoms with van der Waals surface area (Å²) in [6.45, 7) is 5.09. The molecule has 0 aromatic heterocycles. The summed E-state index contributed by atoms with van der Waals surface area (Å²) < 4.78 is 11.2. The van der Waals surface area contributed by atoms with Gasteiger partial charge in [0.1, 0.15) is 6.29 Å². The van der Waals surface area contributed by atoms with Gasteiger partial charge < -0.3 is 9.47 Å². The van der Waals surface area contributed by atoms with Crippen molar-refractivity contribution in [2.45, 2.75) is 32.5 Å². The van der Waals surface area contributed by atoms with E-state index in [4.69, 9.17) is 15.9 Å². The molecule has 2 aliphatic rings. The van der Waals surface area contributed by atoms with Gasteiger partial charge in [0.2, 0.25) is 0 Å².